The Balaban J connectivity index is 0.000000640. The molecule has 0 unspecified atom stereocenters. The van der Waals surface area contributed by atoms with Gasteiger partial charge in [0.05, 0.1) is 0 Å². The zero-order valence-electron chi connectivity index (χ0n) is 5.39. The van der Waals surface area contributed by atoms with Gasteiger partial charge in [0.15, 0.2) is 0 Å². The first kappa shape index (κ1) is 9.29. The first-order valence-corrected chi connectivity index (χ1v) is 3.44. The summed E-state index contributed by atoms with van der Waals surface area (Å²) in [6.07, 6.45) is 1.72. The van der Waals surface area contributed by atoms with Crippen LogP contribution in [0.3, 0.4) is 0 Å². The van der Waals surface area contributed by atoms with Gasteiger partial charge in [-0.05, 0) is 0 Å². The second-order valence-electron chi connectivity index (χ2n) is 1.97. The van der Waals surface area contributed by atoms with Crippen LogP contribution < -0.4 is 0 Å². The van der Waals surface area contributed by atoms with Gasteiger partial charge in [-0.2, -0.15) is 5.38 Å². The fourth-order valence-electron chi connectivity index (χ4n) is 0.470. The second kappa shape index (κ2) is 4.16. The minimum atomic E-state index is 0. The molecule has 51 valence electrons. The van der Waals surface area contributed by atoms with Crippen molar-refractivity contribution in [3.05, 3.63) is 16.6 Å². The van der Waals surface area contributed by atoms with E-state index in [9.17, 15) is 0 Å². The van der Waals surface area contributed by atoms with Gasteiger partial charge >= 0.3 is 0 Å². The first-order valence-electron chi connectivity index (χ1n) is 2.62. The number of thiazole rings is 1. The summed E-state index contributed by atoms with van der Waals surface area (Å²) >= 11 is 1.59. The van der Waals surface area contributed by atoms with Crippen molar-refractivity contribution in [3.8, 4) is 0 Å². The molecule has 1 aromatic heterocycles. The zero-order valence-corrected chi connectivity index (χ0v) is 8.92. The summed E-state index contributed by atoms with van der Waals surface area (Å²) in [7, 11) is 0. The summed E-state index contributed by atoms with van der Waals surface area (Å²) in [5.74, 6) is 0.561. The average Bonchev–Trinajstić information content (AvgIpc) is 2.12. The fraction of sp³-hybridized carbons (Fsp3) is 0.500. The Kier molecular flexibility index (Phi) is 4.30. The zero-order chi connectivity index (χ0) is 5.98. The standard InChI is InChI=1S/C6H8NS.Re/c1-5(2)6-7-3-4-8-6;/h3,5H,1-2H3;/q-1;. The van der Waals surface area contributed by atoms with Crippen molar-refractivity contribution in [1.29, 1.82) is 0 Å². The molecule has 0 spiro atoms. The van der Waals surface area contributed by atoms with Crippen molar-refractivity contribution >= 4 is 11.3 Å². The van der Waals surface area contributed by atoms with Gasteiger partial charge in [0.1, 0.15) is 0 Å². The summed E-state index contributed by atoms with van der Waals surface area (Å²) in [6.45, 7) is 4.26. The van der Waals surface area contributed by atoms with Crippen LogP contribution in [0.1, 0.15) is 24.8 Å². The molecule has 1 rings (SSSR count). The van der Waals surface area contributed by atoms with Gasteiger partial charge in [-0.3, -0.25) is 0 Å². The van der Waals surface area contributed by atoms with Crippen molar-refractivity contribution in [3.63, 3.8) is 0 Å². The SMILES string of the molecule is CC(C)c1nc[c-]s1.[Re]. The third kappa shape index (κ3) is 2.57. The predicted octanol–water partition coefficient (Wildman–Crippen LogP) is 2.06. The Labute approximate surface area is 73.2 Å². The fourth-order valence-corrected chi connectivity index (χ4v) is 1.04. The molecule has 0 amide bonds. The summed E-state index contributed by atoms with van der Waals surface area (Å²) < 4.78 is 0. The molecule has 1 nitrogen and oxygen atoms in total. The van der Waals surface area contributed by atoms with Gasteiger partial charge in [-0.15, -0.1) is 0 Å². The average molecular weight is 312 g/mol. The van der Waals surface area contributed by atoms with E-state index in [-0.39, 0.29) is 20.4 Å². The smallest absolute Gasteiger partial charge is 0 e. The van der Waals surface area contributed by atoms with Crippen LogP contribution in [0.5, 0.6) is 0 Å². The molecule has 0 saturated carbocycles. The van der Waals surface area contributed by atoms with E-state index in [4.69, 9.17) is 0 Å². The Bertz CT molecular complexity index is 148. The van der Waals surface area contributed by atoms with Crippen LogP contribution in [0.25, 0.3) is 0 Å². The molecule has 0 fully saturated rings. The predicted molar refractivity (Wildman–Crippen MR) is 35.0 cm³/mol. The molecular weight excluding hydrogens is 304 g/mol. The molecule has 0 atom stereocenters. The maximum absolute atomic E-state index is 4.08. The Hall–Kier alpha value is 0.292. The molecule has 1 radical (unpaired) electrons. The van der Waals surface area contributed by atoms with Crippen LogP contribution >= 0.6 is 11.3 Å². The van der Waals surface area contributed by atoms with Crippen LogP contribution in [0.15, 0.2) is 6.20 Å². The molecule has 0 aliphatic rings. The van der Waals surface area contributed by atoms with Crippen molar-refractivity contribution < 1.29 is 20.4 Å². The molecule has 1 aromatic rings. The molecule has 0 bridgehead atoms. The maximum atomic E-state index is 4.08. The molecule has 1 heterocycles. The van der Waals surface area contributed by atoms with Gasteiger partial charge < -0.3 is 16.3 Å². The Morgan fingerprint density at radius 1 is 1.67 bits per heavy atom. The van der Waals surface area contributed by atoms with E-state index in [0.29, 0.717) is 5.92 Å². The van der Waals surface area contributed by atoms with Crippen molar-refractivity contribution in [1.82, 2.24) is 4.98 Å². The minimum absolute atomic E-state index is 0. The van der Waals surface area contributed by atoms with Gasteiger partial charge in [0.2, 0.25) is 0 Å². The van der Waals surface area contributed by atoms with E-state index < -0.39 is 0 Å². The first-order chi connectivity index (χ1) is 3.80. The van der Waals surface area contributed by atoms with Crippen LogP contribution in [-0.4, -0.2) is 4.98 Å². The quantitative estimate of drug-likeness (QED) is 0.724. The number of hydrogen-bond acceptors (Lipinski definition) is 2. The van der Waals surface area contributed by atoms with Crippen LogP contribution in [0, 0.1) is 5.38 Å². The van der Waals surface area contributed by atoms with Gasteiger partial charge in [0.25, 0.3) is 0 Å². The molecule has 0 aliphatic carbocycles. The van der Waals surface area contributed by atoms with E-state index in [1.54, 1.807) is 17.5 Å². The summed E-state index contributed by atoms with van der Waals surface area (Å²) in [5.41, 5.74) is 0. The topological polar surface area (TPSA) is 12.9 Å². The molecule has 0 N–H and O–H groups in total. The van der Waals surface area contributed by atoms with E-state index in [1.807, 2.05) is 0 Å². The normalized spacial score (nSPS) is 9.22. The van der Waals surface area contributed by atoms with Crippen molar-refractivity contribution in [2.45, 2.75) is 19.8 Å². The number of aromatic nitrogens is 1. The monoisotopic (exact) mass is 313 g/mol. The molecular formula is C6H8NReS-. The maximum Gasteiger partial charge on any atom is 0 e. The van der Waals surface area contributed by atoms with Gasteiger partial charge in [-0.1, -0.05) is 31.0 Å². The van der Waals surface area contributed by atoms with Crippen molar-refractivity contribution in [2.24, 2.45) is 0 Å². The van der Waals surface area contributed by atoms with E-state index >= 15 is 0 Å². The van der Waals surface area contributed by atoms with E-state index in [1.165, 1.54) is 5.01 Å². The summed E-state index contributed by atoms with van der Waals surface area (Å²) in [4.78, 5) is 4.08. The summed E-state index contributed by atoms with van der Waals surface area (Å²) in [5, 5.41) is 4.11. The minimum Gasteiger partial charge on any atom is -0.364 e. The van der Waals surface area contributed by atoms with E-state index in [0.717, 1.165) is 0 Å². The summed E-state index contributed by atoms with van der Waals surface area (Å²) in [6, 6.07) is 0. The number of rotatable bonds is 1. The number of nitrogens with zero attached hydrogens (tertiary/aromatic N) is 1. The third-order valence-electron chi connectivity index (χ3n) is 0.902. The Morgan fingerprint density at radius 3 is 2.56 bits per heavy atom. The Morgan fingerprint density at radius 2 is 2.33 bits per heavy atom. The number of hydrogen-bond donors (Lipinski definition) is 0. The molecule has 0 saturated heterocycles. The van der Waals surface area contributed by atoms with E-state index in [2.05, 4.69) is 24.2 Å². The van der Waals surface area contributed by atoms with Crippen molar-refractivity contribution in [2.75, 3.05) is 0 Å². The van der Waals surface area contributed by atoms with Crippen LogP contribution in [0.2, 0.25) is 0 Å². The molecule has 3 heteroatoms. The van der Waals surface area contributed by atoms with Gasteiger partial charge in [-0.25, -0.2) is 0 Å². The third-order valence-corrected chi connectivity index (χ3v) is 1.91. The van der Waals surface area contributed by atoms with Crippen LogP contribution in [0.4, 0.5) is 0 Å². The van der Waals surface area contributed by atoms with Crippen LogP contribution in [-0.2, 0) is 20.4 Å². The largest absolute Gasteiger partial charge is 0.364 e. The molecule has 0 aliphatic heterocycles. The van der Waals surface area contributed by atoms with Gasteiger partial charge in [0, 0.05) is 20.4 Å². The molecule has 9 heavy (non-hydrogen) atoms. The molecule has 0 aromatic carbocycles. The second-order valence-corrected chi connectivity index (χ2v) is 2.83.